The largest absolute Gasteiger partial charge is 0.453 e. The molecule has 6 nitrogen and oxygen atoms in total. The Morgan fingerprint density at radius 2 is 1.61 bits per heavy atom. The summed E-state index contributed by atoms with van der Waals surface area (Å²) in [4.78, 5) is 36.0. The van der Waals surface area contributed by atoms with Crippen LogP contribution in [0, 0.1) is 23.2 Å². The van der Waals surface area contributed by atoms with Gasteiger partial charge in [-0.3, -0.25) is 14.4 Å². The van der Waals surface area contributed by atoms with Crippen molar-refractivity contribution in [2.24, 2.45) is 28.9 Å². The summed E-state index contributed by atoms with van der Waals surface area (Å²) in [6, 6.07) is 6.28. The average Bonchev–Trinajstić information content (AvgIpc) is 2.60. The number of amides is 2. The molecule has 1 aromatic carbocycles. The molecule has 4 aliphatic rings. The van der Waals surface area contributed by atoms with Crippen LogP contribution in [0.3, 0.4) is 0 Å². The van der Waals surface area contributed by atoms with Crippen molar-refractivity contribution in [3.63, 3.8) is 0 Å². The van der Waals surface area contributed by atoms with Gasteiger partial charge in [-0.2, -0.15) is 0 Å². The van der Waals surface area contributed by atoms with Crippen LogP contribution in [0.25, 0.3) is 0 Å². The van der Waals surface area contributed by atoms with E-state index in [9.17, 15) is 14.4 Å². The van der Waals surface area contributed by atoms with Crippen molar-refractivity contribution in [3.05, 3.63) is 29.8 Å². The first-order valence-corrected chi connectivity index (χ1v) is 10.2. The maximum atomic E-state index is 12.6. The van der Waals surface area contributed by atoms with Gasteiger partial charge in [-0.25, -0.2) is 0 Å². The highest BCUT2D eigenvalue weighted by Gasteiger charge is 2.51. The topological polar surface area (TPSA) is 98.5 Å². The molecule has 1 aromatic rings. The van der Waals surface area contributed by atoms with Crippen molar-refractivity contribution in [1.82, 2.24) is 0 Å². The minimum Gasteiger partial charge on any atom is -0.453 e. The van der Waals surface area contributed by atoms with Gasteiger partial charge in [0.25, 0.3) is 5.91 Å². The summed E-state index contributed by atoms with van der Waals surface area (Å²) in [5, 5.41) is 2.70. The number of benzene rings is 1. The molecule has 5 rings (SSSR count). The molecule has 3 N–H and O–H groups in total. The minimum atomic E-state index is -0.864. The number of hydrogen-bond donors (Lipinski definition) is 2. The third kappa shape index (κ3) is 3.91. The Kier molecular flexibility index (Phi) is 4.89. The molecule has 4 aliphatic carbocycles. The summed E-state index contributed by atoms with van der Waals surface area (Å²) in [5.41, 5.74) is 6.21. The Hall–Kier alpha value is -2.37. The van der Waals surface area contributed by atoms with Crippen LogP contribution in [-0.2, 0) is 14.3 Å². The molecular weight excluding hydrogens is 356 g/mol. The van der Waals surface area contributed by atoms with E-state index in [1.54, 1.807) is 31.2 Å². The van der Waals surface area contributed by atoms with E-state index in [-0.39, 0.29) is 17.3 Å². The quantitative estimate of drug-likeness (QED) is 0.736. The van der Waals surface area contributed by atoms with E-state index >= 15 is 0 Å². The second-order valence-corrected chi connectivity index (χ2v) is 9.16. The molecule has 4 fully saturated rings. The lowest BCUT2D eigenvalue weighted by atomic mass is 9.49. The lowest BCUT2D eigenvalue weighted by Crippen LogP contribution is -2.47. The van der Waals surface area contributed by atoms with Crippen LogP contribution in [0.4, 0.5) is 5.69 Å². The highest BCUT2D eigenvalue weighted by atomic mass is 16.5. The van der Waals surface area contributed by atoms with Gasteiger partial charge in [0.2, 0.25) is 5.91 Å². The van der Waals surface area contributed by atoms with Crippen molar-refractivity contribution in [3.8, 4) is 0 Å². The number of ether oxygens (including phenoxy) is 1. The summed E-state index contributed by atoms with van der Waals surface area (Å²) < 4.78 is 5.46. The van der Waals surface area contributed by atoms with Gasteiger partial charge < -0.3 is 15.8 Å². The molecule has 6 heteroatoms. The number of anilines is 1. The van der Waals surface area contributed by atoms with Crippen molar-refractivity contribution in [2.45, 2.75) is 58.0 Å². The lowest BCUT2D eigenvalue weighted by molar-refractivity contribution is -0.160. The highest BCUT2D eigenvalue weighted by Crippen LogP contribution is 2.61. The molecule has 0 aliphatic heterocycles. The number of carbonyl (C=O) groups is 3. The predicted octanol–water partition coefficient (Wildman–Crippen LogP) is 3.26. The molecule has 2 amide bonds. The van der Waals surface area contributed by atoms with E-state index in [4.69, 9.17) is 10.5 Å². The van der Waals surface area contributed by atoms with Crippen LogP contribution >= 0.6 is 0 Å². The molecule has 1 atom stereocenters. The number of esters is 1. The minimum absolute atomic E-state index is 0.104. The molecule has 0 radical (unpaired) electrons. The second kappa shape index (κ2) is 7.22. The Bertz CT molecular complexity index is 751. The fourth-order valence-electron chi connectivity index (χ4n) is 6.07. The van der Waals surface area contributed by atoms with E-state index in [0.29, 0.717) is 17.7 Å². The summed E-state index contributed by atoms with van der Waals surface area (Å²) >= 11 is 0. The van der Waals surface area contributed by atoms with Gasteiger partial charge in [0.15, 0.2) is 6.10 Å². The number of carbonyl (C=O) groups excluding carboxylic acids is 3. The number of nitrogens with one attached hydrogen (secondary N) is 1. The first-order valence-electron chi connectivity index (χ1n) is 10.2. The van der Waals surface area contributed by atoms with Gasteiger partial charge in [-0.05, 0) is 92.9 Å². The first kappa shape index (κ1) is 19.0. The number of primary amides is 1. The smallest absolute Gasteiger partial charge is 0.307 e. The Morgan fingerprint density at radius 3 is 2.11 bits per heavy atom. The van der Waals surface area contributed by atoms with Crippen molar-refractivity contribution in [2.75, 3.05) is 5.32 Å². The fourth-order valence-corrected chi connectivity index (χ4v) is 6.07. The fraction of sp³-hybridized carbons (Fsp3) is 0.591. The summed E-state index contributed by atoms with van der Waals surface area (Å²) in [7, 11) is 0. The molecule has 0 spiro atoms. The van der Waals surface area contributed by atoms with Crippen LogP contribution in [-0.4, -0.2) is 23.9 Å². The van der Waals surface area contributed by atoms with Gasteiger partial charge in [0.1, 0.15) is 0 Å². The van der Waals surface area contributed by atoms with Crippen LogP contribution in [0.2, 0.25) is 0 Å². The average molecular weight is 384 g/mol. The zero-order valence-electron chi connectivity index (χ0n) is 16.3. The highest BCUT2D eigenvalue weighted by molar-refractivity contribution is 5.96. The van der Waals surface area contributed by atoms with Gasteiger partial charge in [0.05, 0.1) is 6.42 Å². The monoisotopic (exact) mass is 384 g/mol. The maximum Gasteiger partial charge on any atom is 0.307 e. The van der Waals surface area contributed by atoms with E-state index in [1.807, 2.05) is 0 Å². The standard InChI is InChI=1S/C22H28N2O4/c1-13(21(27)24-18-4-2-17(3-5-18)20(23)26)28-19(25)12-22-9-14-6-15(10-22)8-16(7-14)11-22/h2-5,13-16H,6-12H2,1H3,(H2,23,26)(H,24,27)/t13-,14?,15?,16?,22?/m0/s1. The molecule has 0 saturated heterocycles. The predicted molar refractivity (Wildman–Crippen MR) is 104 cm³/mol. The van der Waals surface area contributed by atoms with Crippen molar-refractivity contribution in [1.29, 1.82) is 0 Å². The van der Waals surface area contributed by atoms with E-state index in [1.165, 1.54) is 19.3 Å². The summed E-state index contributed by atoms with van der Waals surface area (Å²) in [6.07, 6.45) is 6.99. The molecule has 0 heterocycles. The van der Waals surface area contributed by atoms with Gasteiger partial charge in [0, 0.05) is 11.3 Å². The summed E-state index contributed by atoms with van der Waals surface area (Å²) in [5.74, 6) is 1.17. The molecule has 0 aromatic heterocycles. The number of rotatable bonds is 6. The van der Waals surface area contributed by atoms with Crippen LogP contribution in [0.1, 0.15) is 62.2 Å². The van der Waals surface area contributed by atoms with Crippen LogP contribution in [0.5, 0.6) is 0 Å². The number of nitrogens with two attached hydrogens (primary N) is 1. The molecule has 4 bridgehead atoms. The third-order valence-electron chi connectivity index (χ3n) is 6.80. The van der Waals surface area contributed by atoms with E-state index in [0.717, 1.165) is 37.0 Å². The van der Waals surface area contributed by atoms with Crippen molar-refractivity contribution >= 4 is 23.5 Å². The van der Waals surface area contributed by atoms with E-state index in [2.05, 4.69) is 5.32 Å². The van der Waals surface area contributed by atoms with Gasteiger partial charge in [-0.1, -0.05) is 0 Å². The van der Waals surface area contributed by atoms with Crippen LogP contribution in [0.15, 0.2) is 24.3 Å². The molecule has 28 heavy (non-hydrogen) atoms. The molecule has 150 valence electrons. The maximum absolute atomic E-state index is 12.6. The Balaban J connectivity index is 1.30. The molecule has 0 unspecified atom stereocenters. The lowest BCUT2D eigenvalue weighted by Gasteiger charge is -2.56. The van der Waals surface area contributed by atoms with Gasteiger partial charge in [-0.15, -0.1) is 0 Å². The van der Waals surface area contributed by atoms with Gasteiger partial charge >= 0.3 is 5.97 Å². The normalized spacial score (nSPS) is 31.2. The summed E-state index contributed by atoms with van der Waals surface area (Å²) in [6.45, 7) is 1.59. The third-order valence-corrected chi connectivity index (χ3v) is 6.80. The zero-order valence-corrected chi connectivity index (χ0v) is 16.3. The first-order chi connectivity index (χ1) is 13.3. The molecular formula is C22H28N2O4. The van der Waals surface area contributed by atoms with Crippen LogP contribution < -0.4 is 11.1 Å². The Morgan fingerprint density at radius 1 is 1.07 bits per heavy atom. The van der Waals surface area contributed by atoms with E-state index < -0.39 is 12.0 Å². The SMILES string of the molecule is C[C@H](OC(=O)CC12CC3CC(CC(C3)C1)C2)C(=O)Nc1ccc(C(N)=O)cc1. The molecule has 4 saturated carbocycles. The zero-order chi connectivity index (χ0) is 19.9. The Labute approximate surface area is 165 Å². The van der Waals surface area contributed by atoms with Crippen molar-refractivity contribution < 1.29 is 19.1 Å². The number of hydrogen-bond acceptors (Lipinski definition) is 4. The second-order valence-electron chi connectivity index (χ2n) is 9.16.